The molecule has 1 aliphatic carbocycles. The Morgan fingerprint density at radius 1 is 1.03 bits per heavy atom. The van der Waals surface area contributed by atoms with Gasteiger partial charge in [0.15, 0.2) is 0 Å². The van der Waals surface area contributed by atoms with E-state index in [0.29, 0.717) is 25.8 Å². The molecule has 9 nitrogen and oxygen atoms in total. The minimum atomic E-state index is -5.08. The van der Waals surface area contributed by atoms with Gasteiger partial charge in [0, 0.05) is 18.9 Å². The quantitative estimate of drug-likeness (QED) is 0.328. The van der Waals surface area contributed by atoms with Gasteiger partial charge in [-0.05, 0) is 31.4 Å². The highest BCUT2D eigenvalue weighted by Crippen LogP contribution is 2.17. The molecule has 0 aromatic heterocycles. The summed E-state index contributed by atoms with van der Waals surface area (Å²) >= 11 is 0. The van der Waals surface area contributed by atoms with E-state index in [1.165, 1.54) is 6.42 Å². The summed E-state index contributed by atoms with van der Waals surface area (Å²) in [5.74, 6) is -3.52. The SMILES string of the molecule is NCCCC(=O)NCC(=O)N[C@@H](Cc1ccccc1)C(=O)NC1CCCCC1.O=C(O)C(F)(F)F. The monoisotopic (exact) mass is 502 g/mol. The molecule has 1 aromatic rings. The maximum absolute atomic E-state index is 12.8. The van der Waals surface area contributed by atoms with E-state index in [0.717, 1.165) is 31.2 Å². The van der Waals surface area contributed by atoms with E-state index >= 15 is 0 Å². The summed E-state index contributed by atoms with van der Waals surface area (Å²) in [7, 11) is 0. The number of carboxylic acids is 1. The number of benzene rings is 1. The van der Waals surface area contributed by atoms with E-state index in [4.69, 9.17) is 15.6 Å². The Labute approximate surface area is 202 Å². The lowest BCUT2D eigenvalue weighted by atomic mass is 9.95. The second kappa shape index (κ2) is 15.7. The molecule has 0 unspecified atom stereocenters. The topological polar surface area (TPSA) is 151 Å². The molecule has 12 heteroatoms. The lowest BCUT2D eigenvalue weighted by Crippen LogP contribution is -2.52. The van der Waals surface area contributed by atoms with Crippen molar-refractivity contribution in [2.45, 2.75) is 69.6 Å². The van der Waals surface area contributed by atoms with Crippen LogP contribution in [0.25, 0.3) is 0 Å². The molecule has 0 bridgehead atoms. The molecule has 2 rings (SSSR count). The van der Waals surface area contributed by atoms with E-state index in [9.17, 15) is 27.6 Å². The molecule has 1 atom stereocenters. The minimum Gasteiger partial charge on any atom is -0.475 e. The summed E-state index contributed by atoms with van der Waals surface area (Å²) in [4.78, 5) is 45.6. The number of nitrogens with two attached hydrogens (primary N) is 1. The van der Waals surface area contributed by atoms with E-state index < -0.39 is 18.2 Å². The van der Waals surface area contributed by atoms with Crippen molar-refractivity contribution < 1.29 is 37.5 Å². The number of nitrogens with one attached hydrogen (secondary N) is 3. The predicted octanol–water partition coefficient (Wildman–Crippen LogP) is 1.65. The van der Waals surface area contributed by atoms with Gasteiger partial charge >= 0.3 is 12.1 Å². The zero-order valence-corrected chi connectivity index (χ0v) is 19.4. The molecule has 35 heavy (non-hydrogen) atoms. The summed E-state index contributed by atoms with van der Waals surface area (Å²) in [6.07, 6.45) is 1.61. The third-order valence-electron chi connectivity index (χ3n) is 5.18. The highest BCUT2D eigenvalue weighted by Gasteiger charge is 2.38. The molecule has 6 N–H and O–H groups in total. The van der Waals surface area contributed by atoms with Crippen molar-refractivity contribution in [3.05, 3.63) is 35.9 Å². The third-order valence-corrected chi connectivity index (χ3v) is 5.18. The summed E-state index contributed by atoms with van der Waals surface area (Å²) < 4.78 is 31.7. The van der Waals surface area contributed by atoms with Gasteiger partial charge in [-0.3, -0.25) is 14.4 Å². The lowest BCUT2D eigenvalue weighted by Gasteiger charge is -2.26. The van der Waals surface area contributed by atoms with Crippen LogP contribution in [0, 0.1) is 0 Å². The second-order valence-corrected chi connectivity index (χ2v) is 8.13. The smallest absolute Gasteiger partial charge is 0.475 e. The Morgan fingerprint density at radius 3 is 2.17 bits per heavy atom. The summed E-state index contributed by atoms with van der Waals surface area (Å²) in [5, 5.41) is 15.6. The van der Waals surface area contributed by atoms with Crippen LogP contribution in [0.5, 0.6) is 0 Å². The van der Waals surface area contributed by atoms with E-state index in [1.807, 2.05) is 30.3 Å². The molecule has 1 aliphatic rings. The number of hydrogen-bond donors (Lipinski definition) is 5. The molecule has 0 heterocycles. The lowest BCUT2D eigenvalue weighted by molar-refractivity contribution is -0.192. The first-order valence-electron chi connectivity index (χ1n) is 11.4. The van der Waals surface area contributed by atoms with Crippen LogP contribution in [0.3, 0.4) is 0 Å². The number of halogens is 3. The Bertz CT molecular complexity index is 815. The standard InChI is InChI=1S/C21H32N4O3.C2HF3O2/c22-13-7-12-19(26)23-15-20(27)25-18(14-16-8-3-1-4-9-16)21(28)24-17-10-5-2-6-11-17;3-2(4,5)1(6)7/h1,3-4,8-9,17-18H,2,5-7,10-15,22H2,(H,23,26)(H,24,28)(H,25,27);(H,6,7)/t18-;/m0./s1. The molecule has 0 spiro atoms. The summed E-state index contributed by atoms with van der Waals surface area (Å²) in [6.45, 7) is 0.283. The highest BCUT2D eigenvalue weighted by molar-refractivity contribution is 5.90. The maximum Gasteiger partial charge on any atom is 0.490 e. The zero-order chi connectivity index (χ0) is 26.3. The minimum absolute atomic E-state index is 0.147. The number of alkyl halides is 3. The number of carbonyl (C=O) groups excluding carboxylic acids is 3. The van der Waals surface area contributed by atoms with Crippen molar-refractivity contribution in [3.63, 3.8) is 0 Å². The molecule has 1 fully saturated rings. The first kappa shape index (κ1) is 29.9. The first-order chi connectivity index (χ1) is 16.5. The van der Waals surface area contributed by atoms with Crippen molar-refractivity contribution in [2.24, 2.45) is 5.73 Å². The van der Waals surface area contributed by atoms with Crippen LogP contribution in [0.2, 0.25) is 0 Å². The fraction of sp³-hybridized carbons (Fsp3) is 0.565. The largest absolute Gasteiger partial charge is 0.490 e. The molecular weight excluding hydrogens is 469 g/mol. The van der Waals surface area contributed by atoms with Gasteiger partial charge in [-0.1, -0.05) is 49.6 Å². The Morgan fingerprint density at radius 2 is 1.63 bits per heavy atom. The Hall–Kier alpha value is -3.15. The van der Waals surface area contributed by atoms with Crippen LogP contribution in [0.4, 0.5) is 13.2 Å². The average molecular weight is 503 g/mol. The van der Waals surface area contributed by atoms with Crippen LogP contribution < -0.4 is 21.7 Å². The van der Waals surface area contributed by atoms with Crippen LogP contribution in [0.1, 0.15) is 50.5 Å². The van der Waals surface area contributed by atoms with Gasteiger partial charge in [-0.15, -0.1) is 0 Å². The van der Waals surface area contributed by atoms with Gasteiger partial charge in [0.05, 0.1) is 6.54 Å². The molecule has 0 saturated heterocycles. The molecule has 0 aliphatic heterocycles. The van der Waals surface area contributed by atoms with E-state index in [1.54, 1.807) is 0 Å². The van der Waals surface area contributed by atoms with Gasteiger partial charge < -0.3 is 26.8 Å². The van der Waals surface area contributed by atoms with Crippen molar-refractivity contribution in [2.75, 3.05) is 13.1 Å². The summed E-state index contributed by atoms with van der Waals surface area (Å²) in [5.41, 5.74) is 6.35. The molecule has 0 radical (unpaired) electrons. The fourth-order valence-corrected chi connectivity index (χ4v) is 3.38. The van der Waals surface area contributed by atoms with Gasteiger partial charge in [0.25, 0.3) is 0 Å². The first-order valence-corrected chi connectivity index (χ1v) is 11.4. The predicted molar refractivity (Wildman–Crippen MR) is 122 cm³/mol. The van der Waals surface area contributed by atoms with Crippen molar-refractivity contribution in [1.29, 1.82) is 0 Å². The average Bonchev–Trinajstić information content (AvgIpc) is 2.82. The number of aliphatic carboxylic acids is 1. The van der Waals surface area contributed by atoms with Crippen LogP contribution in [0.15, 0.2) is 30.3 Å². The molecule has 3 amide bonds. The number of amides is 3. The van der Waals surface area contributed by atoms with Crippen LogP contribution in [-0.2, 0) is 25.6 Å². The van der Waals surface area contributed by atoms with Gasteiger partial charge in [-0.25, -0.2) is 4.79 Å². The Kier molecular flexibility index (Phi) is 13.4. The highest BCUT2D eigenvalue weighted by atomic mass is 19.4. The van der Waals surface area contributed by atoms with Gasteiger partial charge in [-0.2, -0.15) is 13.2 Å². The number of hydrogen-bond acceptors (Lipinski definition) is 5. The fourth-order valence-electron chi connectivity index (χ4n) is 3.38. The van der Waals surface area contributed by atoms with Gasteiger partial charge in [0.2, 0.25) is 17.7 Å². The number of carbonyl (C=O) groups is 4. The van der Waals surface area contributed by atoms with Crippen LogP contribution in [-0.4, -0.2) is 60.1 Å². The van der Waals surface area contributed by atoms with Crippen LogP contribution >= 0.6 is 0 Å². The molecule has 1 saturated carbocycles. The number of rotatable bonds is 10. The Balaban J connectivity index is 0.000000762. The third kappa shape index (κ3) is 13.4. The van der Waals surface area contributed by atoms with Crippen molar-refractivity contribution in [3.8, 4) is 0 Å². The second-order valence-electron chi connectivity index (χ2n) is 8.13. The van der Waals surface area contributed by atoms with E-state index in [-0.39, 0.29) is 30.3 Å². The number of carboxylic acid groups (broad SMARTS) is 1. The molecular formula is C23H33F3N4O5. The van der Waals surface area contributed by atoms with Gasteiger partial charge in [0.1, 0.15) is 6.04 Å². The maximum atomic E-state index is 12.8. The summed E-state index contributed by atoms with van der Waals surface area (Å²) in [6, 6.07) is 9.10. The van der Waals surface area contributed by atoms with E-state index in [2.05, 4.69) is 16.0 Å². The molecule has 1 aromatic carbocycles. The molecule has 196 valence electrons. The zero-order valence-electron chi connectivity index (χ0n) is 19.4. The van der Waals surface area contributed by atoms with Crippen molar-refractivity contribution >= 4 is 23.7 Å². The van der Waals surface area contributed by atoms with Crippen molar-refractivity contribution in [1.82, 2.24) is 16.0 Å². The normalized spacial score (nSPS) is 14.6.